The Hall–Kier alpha value is -1.35. The molecule has 80 valence electrons. The predicted molar refractivity (Wildman–Crippen MR) is 58.3 cm³/mol. The second-order valence-corrected chi connectivity index (χ2v) is 3.51. The molecule has 1 heterocycles. The second-order valence-electron chi connectivity index (χ2n) is 3.51. The molecule has 2 aromatic rings. The second kappa shape index (κ2) is 4.03. The summed E-state index contributed by atoms with van der Waals surface area (Å²) in [4.78, 5) is 0. The molecule has 0 aliphatic carbocycles. The van der Waals surface area contributed by atoms with Gasteiger partial charge in [-0.1, -0.05) is 6.07 Å². The fourth-order valence-electron chi connectivity index (χ4n) is 1.92. The summed E-state index contributed by atoms with van der Waals surface area (Å²) in [5.41, 5.74) is 1.84. The van der Waals surface area contributed by atoms with Crippen molar-refractivity contribution in [3.8, 4) is 0 Å². The van der Waals surface area contributed by atoms with Gasteiger partial charge in [0.1, 0.15) is 5.82 Å². The van der Waals surface area contributed by atoms with Gasteiger partial charge in [-0.2, -0.15) is 0 Å². The van der Waals surface area contributed by atoms with E-state index in [4.69, 9.17) is 4.74 Å². The molecule has 1 aromatic carbocycles. The highest BCUT2D eigenvalue weighted by molar-refractivity contribution is 5.84. The molecule has 0 bridgehead atoms. The Kier molecular flexibility index (Phi) is 2.73. The number of methoxy groups -OCH3 is 1. The van der Waals surface area contributed by atoms with Crippen LogP contribution in [0.1, 0.15) is 12.5 Å². The zero-order valence-electron chi connectivity index (χ0n) is 8.96. The van der Waals surface area contributed by atoms with Gasteiger partial charge in [-0.3, -0.25) is 0 Å². The standard InChI is InChI=1S/C12H14FNO/c1-3-14-7-9(8-15-2)12-10(13)5-4-6-11(12)14/h4-7H,3,8H2,1-2H3. The number of aryl methyl sites for hydroxylation is 1. The fourth-order valence-corrected chi connectivity index (χ4v) is 1.92. The summed E-state index contributed by atoms with van der Waals surface area (Å²) in [6.45, 7) is 3.33. The van der Waals surface area contributed by atoms with Crippen molar-refractivity contribution in [2.24, 2.45) is 0 Å². The number of aromatic nitrogens is 1. The molecule has 0 radical (unpaired) electrons. The zero-order valence-corrected chi connectivity index (χ0v) is 8.96. The Morgan fingerprint density at radius 3 is 2.87 bits per heavy atom. The molecule has 1 aromatic heterocycles. The Bertz CT molecular complexity index is 476. The number of hydrogen-bond acceptors (Lipinski definition) is 1. The van der Waals surface area contributed by atoms with E-state index >= 15 is 0 Å². The summed E-state index contributed by atoms with van der Waals surface area (Å²) in [6, 6.07) is 5.16. The minimum absolute atomic E-state index is 0.174. The van der Waals surface area contributed by atoms with E-state index in [9.17, 15) is 4.39 Å². The first kappa shape index (κ1) is 10.2. The highest BCUT2D eigenvalue weighted by Crippen LogP contribution is 2.24. The predicted octanol–water partition coefficient (Wildman–Crippen LogP) is 2.95. The maximum atomic E-state index is 13.7. The average molecular weight is 207 g/mol. The number of halogens is 1. The molecule has 0 aliphatic heterocycles. The molecule has 0 spiro atoms. The third-order valence-corrected chi connectivity index (χ3v) is 2.57. The smallest absolute Gasteiger partial charge is 0.132 e. The molecular formula is C12H14FNO. The highest BCUT2D eigenvalue weighted by Gasteiger charge is 2.10. The molecule has 3 heteroatoms. The van der Waals surface area contributed by atoms with Gasteiger partial charge < -0.3 is 9.30 Å². The first-order chi connectivity index (χ1) is 7.27. The first-order valence-electron chi connectivity index (χ1n) is 5.03. The van der Waals surface area contributed by atoms with E-state index < -0.39 is 0 Å². The Labute approximate surface area is 88.3 Å². The molecular weight excluding hydrogens is 193 g/mol. The molecule has 15 heavy (non-hydrogen) atoms. The van der Waals surface area contributed by atoms with Crippen LogP contribution in [0.4, 0.5) is 4.39 Å². The molecule has 0 unspecified atom stereocenters. The van der Waals surface area contributed by atoms with Crippen molar-refractivity contribution in [2.45, 2.75) is 20.1 Å². The van der Waals surface area contributed by atoms with Gasteiger partial charge in [-0.15, -0.1) is 0 Å². The average Bonchev–Trinajstić information content (AvgIpc) is 2.59. The van der Waals surface area contributed by atoms with Crippen molar-refractivity contribution in [3.63, 3.8) is 0 Å². The van der Waals surface area contributed by atoms with E-state index in [0.29, 0.717) is 12.0 Å². The third kappa shape index (κ3) is 1.63. The zero-order chi connectivity index (χ0) is 10.8. The lowest BCUT2D eigenvalue weighted by Gasteiger charge is -1.99. The summed E-state index contributed by atoms with van der Waals surface area (Å²) in [5, 5.41) is 0.682. The Morgan fingerprint density at radius 1 is 1.40 bits per heavy atom. The van der Waals surface area contributed by atoms with E-state index in [-0.39, 0.29) is 5.82 Å². The highest BCUT2D eigenvalue weighted by atomic mass is 19.1. The number of hydrogen-bond donors (Lipinski definition) is 0. The summed E-state index contributed by atoms with van der Waals surface area (Å²) in [5.74, 6) is -0.174. The van der Waals surface area contributed by atoms with Crippen LogP contribution in [0.2, 0.25) is 0 Å². The number of ether oxygens (including phenoxy) is 1. The van der Waals surface area contributed by atoms with Crippen LogP contribution in [0.25, 0.3) is 10.9 Å². The maximum Gasteiger partial charge on any atom is 0.132 e. The molecule has 0 amide bonds. The Balaban J connectivity index is 2.70. The minimum Gasteiger partial charge on any atom is -0.380 e. The van der Waals surface area contributed by atoms with Crippen molar-refractivity contribution in [1.82, 2.24) is 4.57 Å². The first-order valence-corrected chi connectivity index (χ1v) is 5.03. The quantitative estimate of drug-likeness (QED) is 0.754. The van der Waals surface area contributed by atoms with E-state index in [1.54, 1.807) is 13.2 Å². The normalized spacial score (nSPS) is 11.1. The van der Waals surface area contributed by atoms with E-state index in [0.717, 1.165) is 17.6 Å². The van der Waals surface area contributed by atoms with Gasteiger partial charge in [0.2, 0.25) is 0 Å². The van der Waals surface area contributed by atoms with Gasteiger partial charge in [0.25, 0.3) is 0 Å². The van der Waals surface area contributed by atoms with Crippen LogP contribution in [-0.4, -0.2) is 11.7 Å². The van der Waals surface area contributed by atoms with Crippen LogP contribution in [0.15, 0.2) is 24.4 Å². The lowest BCUT2D eigenvalue weighted by molar-refractivity contribution is 0.185. The number of rotatable bonds is 3. The van der Waals surface area contributed by atoms with Crippen LogP contribution in [0.5, 0.6) is 0 Å². The number of nitrogens with zero attached hydrogens (tertiary/aromatic N) is 1. The molecule has 0 atom stereocenters. The van der Waals surface area contributed by atoms with Gasteiger partial charge in [0.05, 0.1) is 12.1 Å². The summed E-state index contributed by atoms with van der Waals surface area (Å²) in [7, 11) is 1.62. The SMILES string of the molecule is CCn1cc(COC)c2c(F)cccc21. The van der Waals surface area contributed by atoms with Crippen LogP contribution in [-0.2, 0) is 17.9 Å². The van der Waals surface area contributed by atoms with Crippen LogP contribution < -0.4 is 0 Å². The Morgan fingerprint density at radius 2 is 2.20 bits per heavy atom. The van der Waals surface area contributed by atoms with Gasteiger partial charge in [-0.05, 0) is 19.1 Å². The van der Waals surface area contributed by atoms with Crippen molar-refractivity contribution in [3.05, 3.63) is 35.8 Å². The summed E-state index contributed by atoms with van der Waals surface area (Å²) in [6.07, 6.45) is 1.96. The van der Waals surface area contributed by atoms with Crippen LogP contribution in [0.3, 0.4) is 0 Å². The van der Waals surface area contributed by atoms with Crippen molar-refractivity contribution < 1.29 is 9.13 Å². The van der Waals surface area contributed by atoms with E-state index in [1.807, 2.05) is 23.8 Å². The minimum atomic E-state index is -0.174. The van der Waals surface area contributed by atoms with Gasteiger partial charge in [0.15, 0.2) is 0 Å². The molecule has 2 rings (SSSR count). The topological polar surface area (TPSA) is 14.2 Å². The van der Waals surface area contributed by atoms with Gasteiger partial charge >= 0.3 is 0 Å². The van der Waals surface area contributed by atoms with E-state index in [1.165, 1.54) is 6.07 Å². The lowest BCUT2D eigenvalue weighted by Crippen LogP contribution is -1.90. The van der Waals surface area contributed by atoms with Crippen LogP contribution >= 0.6 is 0 Å². The maximum absolute atomic E-state index is 13.7. The van der Waals surface area contributed by atoms with Crippen molar-refractivity contribution in [2.75, 3.05) is 7.11 Å². The molecule has 0 N–H and O–H groups in total. The lowest BCUT2D eigenvalue weighted by atomic mass is 10.2. The van der Waals surface area contributed by atoms with Gasteiger partial charge in [0, 0.05) is 30.8 Å². The monoisotopic (exact) mass is 207 g/mol. The molecule has 0 fully saturated rings. The fraction of sp³-hybridized carbons (Fsp3) is 0.333. The number of benzene rings is 1. The summed E-state index contributed by atoms with van der Waals surface area (Å²) < 4.78 is 20.8. The van der Waals surface area contributed by atoms with E-state index in [2.05, 4.69) is 0 Å². The molecule has 2 nitrogen and oxygen atoms in total. The number of fused-ring (bicyclic) bond motifs is 1. The van der Waals surface area contributed by atoms with Crippen LogP contribution in [0, 0.1) is 5.82 Å². The summed E-state index contributed by atoms with van der Waals surface area (Å²) >= 11 is 0. The molecule has 0 aliphatic rings. The van der Waals surface area contributed by atoms with Crippen molar-refractivity contribution >= 4 is 10.9 Å². The van der Waals surface area contributed by atoms with Gasteiger partial charge in [-0.25, -0.2) is 4.39 Å². The molecule has 0 saturated heterocycles. The van der Waals surface area contributed by atoms with Crippen molar-refractivity contribution in [1.29, 1.82) is 0 Å². The largest absolute Gasteiger partial charge is 0.380 e. The third-order valence-electron chi connectivity index (χ3n) is 2.57. The molecule has 0 saturated carbocycles.